The standard InChI is InChI=1S/C21H32N2O3S/c1-21(2)12-16-13-22(20(26)4-3-9-24)15-19(21)23(14-16)17-5-7-18(8-6-17)27-11-10-25/h5-8,16,19,24-25H,3-4,9-15H2,1-2H3. The van der Waals surface area contributed by atoms with E-state index in [-0.39, 0.29) is 24.5 Å². The van der Waals surface area contributed by atoms with Crippen molar-refractivity contribution in [1.29, 1.82) is 0 Å². The third-order valence-corrected chi connectivity index (χ3v) is 6.84. The lowest BCUT2D eigenvalue weighted by Crippen LogP contribution is -2.54. The first-order valence-corrected chi connectivity index (χ1v) is 10.9. The van der Waals surface area contributed by atoms with Crippen molar-refractivity contribution in [3.63, 3.8) is 0 Å². The number of carbonyl (C=O) groups is 1. The molecule has 3 saturated heterocycles. The maximum atomic E-state index is 12.6. The summed E-state index contributed by atoms with van der Waals surface area (Å²) in [5.41, 5.74) is 1.37. The number of thioether (sulfide) groups is 1. The molecule has 3 heterocycles. The van der Waals surface area contributed by atoms with E-state index < -0.39 is 0 Å². The Morgan fingerprint density at radius 2 is 1.89 bits per heavy atom. The molecule has 0 aromatic heterocycles. The van der Waals surface area contributed by atoms with E-state index in [1.807, 2.05) is 4.90 Å². The molecule has 4 rings (SSSR count). The molecular weight excluding hydrogens is 360 g/mol. The Labute approximate surface area is 166 Å². The number of anilines is 1. The summed E-state index contributed by atoms with van der Waals surface area (Å²) in [4.78, 5) is 18.3. The summed E-state index contributed by atoms with van der Waals surface area (Å²) in [5, 5.41) is 18.0. The van der Waals surface area contributed by atoms with Crippen LogP contribution in [0, 0.1) is 11.3 Å². The van der Waals surface area contributed by atoms with Gasteiger partial charge in [-0.15, -0.1) is 11.8 Å². The molecule has 0 saturated carbocycles. The van der Waals surface area contributed by atoms with Crippen LogP contribution in [0.15, 0.2) is 29.2 Å². The minimum Gasteiger partial charge on any atom is -0.396 e. The number of nitrogens with zero attached hydrogens (tertiary/aromatic N) is 2. The molecular formula is C21H32N2O3S. The van der Waals surface area contributed by atoms with Crippen molar-refractivity contribution in [2.24, 2.45) is 11.3 Å². The van der Waals surface area contributed by atoms with E-state index in [1.54, 1.807) is 11.8 Å². The molecule has 3 aliphatic heterocycles. The minimum absolute atomic E-state index is 0.0741. The second-order valence-corrected chi connectivity index (χ2v) is 9.59. The maximum absolute atomic E-state index is 12.6. The van der Waals surface area contributed by atoms with Crippen molar-refractivity contribution >= 4 is 23.4 Å². The summed E-state index contributed by atoms with van der Waals surface area (Å²) in [6.45, 7) is 7.48. The number of amides is 1. The van der Waals surface area contributed by atoms with Gasteiger partial charge >= 0.3 is 0 Å². The summed E-state index contributed by atoms with van der Waals surface area (Å²) < 4.78 is 0. The van der Waals surface area contributed by atoms with E-state index >= 15 is 0 Å². The fourth-order valence-electron chi connectivity index (χ4n) is 4.61. The highest BCUT2D eigenvalue weighted by molar-refractivity contribution is 7.99. The number of benzene rings is 1. The minimum atomic E-state index is 0.0741. The van der Waals surface area contributed by atoms with E-state index in [1.165, 1.54) is 10.6 Å². The molecule has 150 valence electrons. The van der Waals surface area contributed by atoms with Crippen LogP contribution in [-0.2, 0) is 4.79 Å². The van der Waals surface area contributed by atoms with Gasteiger partial charge in [0.15, 0.2) is 0 Å². The van der Waals surface area contributed by atoms with Crippen LogP contribution in [0.25, 0.3) is 0 Å². The quantitative estimate of drug-likeness (QED) is 0.699. The highest BCUT2D eigenvalue weighted by atomic mass is 32.2. The number of fused-ring (bicyclic) bond motifs is 4. The normalized spacial score (nSPS) is 24.1. The molecule has 3 aliphatic rings. The Hall–Kier alpha value is -1.24. The molecule has 1 aromatic carbocycles. The predicted molar refractivity (Wildman–Crippen MR) is 110 cm³/mol. The maximum Gasteiger partial charge on any atom is 0.222 e. The molecule has 1 aromatic rings. The molecule has 2 bridgehead atoms. The van der Waals surface area contributed by atoms with Crippen molar-refractivity contribution < 1.29 is 15.0 Å². The monoisotopic (exact) mass is 392 g/mol. The SMILES string of the molecule is CC1(C)CC2CN(C(=O)CCCO)CC1N(c1ccc(SCCO)cc1)C2. The van der Waals surface area contributed by atoms with Crippen molar-refractivity contribution in [2.45, 2.75) is 44.0 Å². The van der Waals surface area contributed by atoms with Gasteiger partial charge in [0.05, 0.1) is 12.6 Å². The van der Waals surface area contributed by atoms with E-state index in [0.29, 0.717) is 30.6 Å². The van der Waals surface area contributed by atoms with Crippen LogP contribution < -0.4 is 4.90 Å². The first-order valence-electron chi connectivity index (χ1n) is 9.93. The van der Waals surface area contributed by atoms with Gasteiger partial charge < -0.3 is 20.0 Å². The van der Waals surface area contributed by atoms with Gasteiger partial charge in [0.2, 0.25) is 5.91 Å². The smallest absolute Gasteiger partial charge is 0.222 e. The van der Waals surface area contributed by atoms with Crippen LogP contribution in [-0.4, -0.2) is 65.7 Å². The summed E-state index contributed by atoms with van der Waals surface area (Å²) >= 11 is 1.67. The Morgan fingerprint density at radius 3 is 2.56 bits per heavy atom. The Kier molecular flexibility index (Phi) is 6.71. The van der Waals surface area contributed by atoms with E-state index in [0.717, 1.165) is 26.1 Å². The van der Waals surface area contributed by atoms with Crippen molar-refractivity contribution in [1.82, 2.24) is 4.90 Å². The van der Waals surface area contributed by atoms with Crippen LogP contribution in [0.3, 0.4) is 0 Å². The van der Waals surface area contributed by atoms with Gasteiger partial charge in [0.25, 0.3) is 0 Å². The Bertz CT molecular complexity index is 635. The van der Waals surface area contributed by atoms with Gasteiger partial charge in [-0.3, -0.25) is 4.79 Å². The lowest BCUT2D eigenvalue weighted by Gasteiger charge is -2.48. The topological polar surface area (TPSA) is 64.0 Å². The molecule has 1 amide bonds. The summed E-state index contributed by atoms with van der Waals surface area (Å²) in [6.07, 6.45) is 2.13. The van der Waals surface area contributed by atoms with Crippen LogP contribution in [0.5, 0.6) is 0 Å². The zero-order valence-electron chi connectivity index (χ0n) is 16.4. The van der Waals surface area contributed by atoms with Crippen molar-refractivity contribution in [3.8, 4) is 0 Å². The van der Waals surface area contributed by atoms with Gasteiger partial charge in [-0.2, -0.15) is 0 Å². The largest absolute Gasteiger partial charge is 0.396 e. The number of carbonyl (C=O) groups excluding carboxylic acids is 1. The molecule has 3 fully saturated rings. The van der Waals surface area contributed by atoms with E-state index in [9.17, 15) is 4.79 Å². The summed E-state index contributed by atoms with van der Waals surface area (Å²) in [5.74, 6) is 1.36. The average molecular weight is 393 g/mol. The second-order valence-electron chi connectivity index (χ2n) is 8.42. The molecule has 0 aliphatic carbocycles. The number of piperidine rings is 1. The molecule has 2 atom stereocenters. The first-order chi connectivity index (χ1) is 12.9. The number of hydrogen-bond acceptors (Lipinski definition) is 5. The van der Waals surface area contributed by atoms with Crippen LogP contribution in [0.4, 0.5) is 5.69 Å². The highest BCUT2D eigenvalue weighted by Crippen LogP contribution is 2.43. The number of rotatable bonds is 7. The van der Waals surface area contributed by atoms with Crippen LogP contribution in [0.1, 0.15) is 33.1 Å². The second kappa shape index (κ2) is 8.84. The summed E-state index contributed by atoms with van der Waals surface area (Å²) in [6, 6.07) is 8.91. The molecule has 0 spiro atoms. The highest BCUT2D eigenvalue weighted by Gasteiger charge is 2.46. The molecule has 2 unspecified atom stereocenters. The number of aliphatic hydroxyl groups is 2. The molecule has 6 heteroatoms. The molecule has 0 radical (unpaired) electrons. The Morgan fingerprint density at radius 1 is 1.15 bits per heavy atom. The fraction of sp³-hybridized carbons (Fsp3) is 0.667. The van der Waals surface area contributed by atoms with Gasteiger partial charge in [0, 0.05) is 49.0 Å². The molecule has 2 N–H and O–H groups in total. The average Bonchev–Trinajstić information content (AvgIpc) is 2.92. The first kappa shape index (κ1) is 20.5. The lowest BCUT2D eigenvalue weighted by atomic mass is 9.73. The van der Waals surface area contributed by atoms with E-state index in [4.69, 9.17) is 10.2 Å². The van der Waals surface area contributed by atoms with Crippen LogP contribution >= 0.6 is 11.8 Å². The van der Waals surface area contributed by atoms with Gasteiger partial charge in [0.1, 0.15) is 0 Å². The zero-order chi connectivity index (χ0) is 19.4. The molecule has 5 nitrogen and oxygen atoms in total. The van der Waals surface area contributed by atoms with Crippen LogP contribution in [0.2, 0.25) is 0 Å². The third-order valence-electron chi connectivity index (χ3n) is 5.85. The zero-order valence-corrected chi connectivity index (χ0v) is 17.2. The van der Waals surface area contributed by atoms with Gasteiger partial charge in [-0.1, -0.05) is 13.8 Å². The van der Waals surface area contributed by atoms with Gasteiger partial charge in [-0.25, -0.2) is 0 Å². The lowest BCUT2D eigenvalue weighted by molar-refractivity contribution is -0.131. The molecule has 27 heavy (non-hydrogen) atoms. The third kappa shape index (κ3) is 4.79. The van der Waals surface area contributed by atoms with E-state index in [2.05, 4.69) is 43.0 Å². The number of hydrogen-bond donors (Lipinski definition) is 2. The Balaban J connectivity index is 1.78. The fourth-order valence-corrected chi connectivity index (χ4v) is 5.27. The predicted octanol–water partition coefficient (Wildman–Crippen LogP) is 2.61. The van der Waals surface area contributed by atoms with Gasteiger partial charge in [-0.05, 0) is 48.4 Å². The number of aliphatic hydroxyl groups excluding tert-OH is 2. The van der Waals surface area contributed by atoms with Crippen molar-refractivity contribution in [3.05, 3.63) is 24.3 Å². The summed E-state index contributed by atoms with van der Waals surface area (Å²) in [7, 11) is 0. The van der Waals surface area contributed by atoms with Crippen molar-refractivity contribution in [2.75, 3.05) is 43.5 Å².